The Morgan fingerprint density at radius 2 is 1.97 bits per heavy atom. The summed E-state index contributed by atoms with van der Waals surface area (Å²) in [5.74, 6) is 0.0107. The third-order valence-electron chi connectivity index (χ3n) is 6.83. The van der Waals surface area contributed by atoms with Gasteiger partial charge in [-0.2, -0.15) is 0 Å². The lowest BCUT2D eigenvalue weighted by atomic mass is 9.98. The van der Waals surface area contributed by atoms with Gasteiger partial charge in [-0.15, -0.1) is 0 Å². The molecule has 1 aromatic heterocycles. The summed E-state index contributed by atoms with van der Waals surface area (Å²) in [6.45, 7) is 6.02. The van der Waals surface area contributed by atoms with Crippen molar-refractivity contribution >= 4 is 22.7 Å². The molecule has 0 saturated carbocycles. The number of nitrogens with zero attached hydrogens (tertiary/aromatic N) is 2. The first-order chi connectivity index (χ1) is 15.0. The maximum Gasteiger partial charge on any atom is 0.420 e. The first-order valence-corrected chi connectivity index (χ1v) is 11.3. The fraction of sp³-hybridized carbons (Fsp3) is 0.440. The number of carbonyl (C=O) groups is 1. The number of rotatable bonds is 4. The average Bonchev–Trinajstić information content (AvgIpc) is 3.25. The molecule has 1 N–H and O–H groups in total. The summed E-state index contributed by atoms with van der Waals surface area (Å²) in [5.41, 5.74) is 6.23. The van der Waals surface area contributed by atoms with Gasteiger partial charge in [-0.3, -0.25) is 9.36 Å². The van der Waals surface area contributed by atoms with Crippen molar-refractivity contribution in [1.29, 1.82) is 0 Å². The molecule has 162 valence electrons. The number of aromatic nitrogens is 1. The summed E-state index contributed by atoms with van der Waals surface area (Å²) in [6.07, 6.45) is 4.25. The first-order valence-electron chi connectivity index (χ1n) is 11.3. The minimum Gasteiger partial charge on any atom is -0.408 e. The van der Waals surface area contributed by atoms with Crippen molar-refractivity contribution in [2.45, 2.75) is 58.0 Å². The predicted octanol–water partition coefficient (Wildman–Crippen LogP) is 4.58. The van der Waals surface area contributed by atoms with Gasteiger partial charge in [0.25, 0.3) is 0 Å². The van der Waals surface area contributed by atoms with Gasteiger partial charge in [0.1, 0.15) is 6.54 Å². The first kappa shape index (κ1) is 19.9. The summed E-state index contributed by atoms with van der Waals surface area (Å²) < 4.78 is 6.88. The van der Waals surface area contributed by atoms with Crippen LogP contribution in [0.1, 0.15) is 61.3 Å². The van der Waals surface area contributed by atoms with Crippen LogP contribution < -0.4 is 11.1 Å². The molecule has 2 aromatic carbocycles. The van der Waals surface area contributed by atoms with Gasteiger partial charge < -0.3 is 14.6 Å². The Bertz CT molecular complexity index is 1190. The van der Waals surface area contributed by atoms with E-state index >= 15 is 0 Å². The standard InChI is InChI=1S/C25H29N3O3/c1-16-7-6-8-19-20(13-17(2)24(16)19)26-18-9-10-22-21(14-18)28(25(30)31-22)15-23(29)27-11-4-3-5-12-27/h6-10,14,17,20,26H,3-5,11-13,15H2,1-2H3. The molecule has 0 spiro atoms. The second kappa shape index (κ2) is 7.91. The van der Waals surface area contributed by atoms with E-state index in [-0.39, 0.29) is 18.5 Å². The number of oxazole rings is 1. The SMILES string of the molecule is Cc1cccc2c1C(C)CC2Nc1ccc2oc(=O)n(CC(=O)N3CCCCC3)c2c1. The fourth-order valence-electron chi connectivity index (χ4n) is 5.30. The number of benzene rings is 2. The number of fused-ring (bicyclic) bond motifs is 2. The van der Waals surface area contributed by atoms with E-state index in [1.54, 1.807) is 0 Å². The number of amides is 1. The lowest BCUT2D eigenvalue weighted by molar-refractivity contribution is -0.132. The molecule has 5 rings (SSSR count). The molecule has 6 heteroatoms. The van der Waals surface area contributed by atoms with Crippen molar-refractivity contribution < 1.29 is 9.21 Å². The Kier molecular flexibility index (Phi) is 5.08. The van der Waals surface area contributed by atoms with E-state index in [1.807, 2.05) is 23.1 Å². The van der Waals surface area contributed by atoms with Gasteiger partial charge in [-0.25, -0.2) is 4.79 Å². The molecule has 2 unspecified atom stereocenters. The summed E-state index contributed by atoms with van der Waals surface area (Å²) in [5, 5.41) is 3.65. The lowest BCUT2D eigenvalue weighted by Crippen LogP contribution is -2.39. The zero-order valence-corrected chi connectivity index (χ0v) is 18.2. The molecule has 1 aliphatic carbocycles. The maximum atomic E-state index is 12.7. The third-order valence-corrected chi connectivity index (χ3v) is 6.83. The molecular formula is C25H29N3O3. The molecule has 31 heavy (non-hydrogen) atoms. The topological polar surface area (TPSA) is 67.5 Å². The summed E-state index contributed by atoms with van der Waals surface area (Å²) in [4.78, 5) is 27.1. The number of hydrogen-bond acceptors (Lipinski definition) is 4. The van der Waals surface area contributed by atoms with Crippen LogP contribution in [0, 0.1) is 6.92 Å². The minimum absolute atomic E-state index is 0.0168. The van der Waals surface area contributed by atoms with Crippen molar-refractivity contribution in [2.24, 2.45) is 0 Å². The number of hydrogen-bond donors (Lipinski definition) is 1. The number of carbonyl (C=O) groups excluding carboxylic acids is 1. The van der Waals surface area contributed by atoms with Gasteiger partial charge >= 0.3 is 5.76 Å². The summed E-state index contributed by atoms with van der Waals surface area (Å²) in [6, 6.07) is 12.4. The second-order valence-corrected chi connectivity index (χ2v) is 8.99. The van der Waals surface area contributed by atoms with Crippen LogP contribution >= 0.6 is 0 Å². The zero-order chi connectivity index (χ0) is 21.5. The molecule has 2 aliphatic rings. The Hall–Kier alpha value is -3.02. The molecule has 1 saturated heterocycles. The van der Waals surface area contributed by atoms with E-state index in [1.165, 1.54) is 21.3 Å². The number of anilines is 1. The quantitative estimate of drug-likeness (QED) is 0.672. The van der Waals surface area contributed by atoms with Crippen LogP contribution in [0.25, 0.3) is 11.1 Å². The fourth-order valence-corrected chi connectivity index (χ4v) is 5.30. The molecule has 6 nitrogen and oxygen atoms in total. The zero-order valence-electron chi connectivity index (χ0n) is 18.2. The lowest BCUT2D eigenvalue weighted by Gasteiger charge is -2.26. The Morgan fingerprint density at radius 3 is 2.77 bits per heavy atom. The normalized spacial score (nSPS) is 20.8. The van der Waals surface area contributed by atoms with Crippen LogP contribution in [-0.4, -0.2) is 28.5 Å². The number of piperidine rings is 1. The van der Waals surface area contributed by atoms with Gasteiger partial charge in [-0.1, -0.05) is 25.1 Å². The Labute approximate surface area is 181 Å². The molecule has 1 amide bonds. The van der Waals surface area contributed by atoms with Crippen molar-refractivity contribution in [3.63, 3.8) is 0 Å². The highest BCUT2D eigenvalue weighted by molar-refractivity contribution is 5.81. The van der Waals surface area contributed by atoms with Gasteiger partial charge in [0.05, 0.1) is 11.6 Å². The van der Waals surface area contributed by atoms with Crippen LogP contribution in [0.3, 0.4) is 0 Å². The van der Waals surface area contributed by atoms with Crippen molar-refractivity contribution in [3.05, 3.63) is 63.6 Å². The third kappa shape index (κ3) is 3.64. The predicted molar refractivity (Wildman–Crippen MR) is 121 cm³/mol. The van der Waals surface area contributed by atoms with Gasteiger partial charge in [0.2, 0.25) is 5.91 Å². The summed E-state index contributed by atoms with van der Waals surface area (Å²) in [7, 11) is 0. The van der Waals surface area contributed by atoms with Crippen LogP contribution in [0.2, 0.25) is 0 Å². The van der Waals surface area contributed by atoms with Crippen LogP contribution in [0.15, 0.2) is 45.6 Å². The van der Waals surface area contributed by atoms with Crippen LogP contribution in [-0.2, 0) is 11.3 Å². The maximum absolute atomic E-state index is 12.7. The highest BCUT2D eigenvalue weighted by atomic mass is 16.4. The van der Waals surface area contributed by atoms with Crippen LogP contribution in [0.5, 0.6) is 0 Å². The highest BCUT2D eigenvalue weighted by Gasteiger charge is 2.29. The van der Waals surface area contributed by atoms with E-state index in [9.17, 15) is 9.59 Å². The largest absolute Gasteiger partial charge is 0.420 e. The molecular weight excluding hydrogens is 390 g/mol. The van der Waals surface area contributed by atoms with E-state index in [0.29, 0.717) is 17.0 Å². The molecule has 2 atom stereocenters. The van der Waals surface area contributed by atoms with Crippen LogP contribution in [0.4, 0.5) is 5.69 Å². The monoisotopic (exact) mass is 419 g/mol. The van der Waals surface area contributed by atoms with E-state index < -0.39 is 5.76 Å². The van der Waals surface area contributed by atoms with Gasteiger partial charge in [0.15, 0.2) is 5.58 Å². The van der Waals surface area contributed by atoms with Crippen molar-refractivity contribution in [3.8, 4) is 0 Å². The minimum atomic E-state index is -0.479. The van der Waals surface area contributed by atoms with Crippen molar-refractivity contribution in [1.82, 2.24) is 9.47 Å². The number of nitrogens with one attached hydrogen (secondary N) is 1. The highest BCUT2D eigenvalue weighted by Crippen LogP contribution is 2.43. The average molecular weight is 420 g/mol. The van der Waals surface area contributed by atoms with Gasteiger partial charge in [0, 0.05) is 18.8 Å². The molecule has 0 bridgehead atoms. The van der Waals surface area contributed by atoms with Gasteiger partial charge in [-0.05, 0) is 73.4 Å². The van der Waals surface area contributed by atoms with E-state index in [4.69, 9.17) is 4.42 Å². The Morgan fingerprint density at radius 1 is 1.16 bits per heavy atom. The van der Waals surface area contributed by atoms with E-state index in [0.717, 1.165) is 44.5 Å². The summed E-state index contributed by atoms with van der Waals surface area (Å²) >= 11 is 0. The molecule has 1 aliphatic heterocycles. The Balaban J connectivity index is 1.42. The number of likely N-dealkylation sites (tertiary alicyclic amines) is 1. The molecule has 3 aromatic rings. The molecule has 1 fully saturated rings. The molecule has 0 radical (unpaired) electrons. The number of aryl methyl sites for hydroxylation is 1. The van der Waals surface area contributed by atoms with Crippen molar-refractivity contribution in [2.75, 3.05) is 18.4 Å². The van der Waals surface area contributed by atoms with E-state index in [2.05, 4.69) is 37.4 Å². The molecule has 2 heterocycles. The smallest absolute Gasteiger partial charge is 0.408 e. The second-order valence-electron chi connectivity index (χ2n) is 8.99.